The summed E-state index contributed by atoms with van der Waals surface area (Å²) in [6, 6.07) is 24.1. The van der Waals surface area contributed by atoms with E-state index < -0.39 is 0 Å². The third-order valence-corrected chi connectivity index (χ3v) is 6.80. The van der Waals surface area contributed by atoms with Crippen LogP contribution in [0.4, 0.5) is 10.1 Å². The summed E-state index contributed by atoms with van der Waals surface area (Å²) in [7, 11) is 0. The molecule has 178 valence electrons. The van der Waals surface area contributed by atoms with Crippen LogP contribution in [0, 0.1) is 5.82 Å². The largest absolute Gasteiger partial charge is 0.376 e. The molecule has 3 aromatic carbocycles. The first kappa shape index (κ1) is 23.3. The van der Waals surface area contributed by atoms with Crippen molar-refractivity contribution in [1.82, 2.24) is 14.8 Å². The average Bonchev–Trinajstić information content (AvgIpc) is 3.55. The van der Waals surface area contributed by atoms with Gasteiger partial charge in [0.1, 0.15) is 5.82 Å². The molecule has 1 aliphatic rings. The number of amides is 1. The number of hydrogen-bond acceptors (Lipinski definition) is 5. The number of nitrogens with one attached hydrogen (secondary N) is 1. The van der Waals surface area contributed by atoms with Gasteiger partial charge in [-0.2, -0.15) is 0 Å². The van der Waals surface area contributed by atoms with E-state index in [1.54, 1.807) is 12.1 Å². The first-order valence-corrected chi connectivity index (χ1v) is 12.5. The molecular weight excluding hydrogens is 463 g/mol. The second-order valence-corrected chi connectivity index (χ2v) is 9.28. The quantitative estimate of drug-likeness (QED) is 0.324. The molecule has 1 saturated heterocycles. The van der Waals surface area contributed by atoms with Gasteiger partial charge >= 0.3 is 0 Å². The first-order chi connectivity index (χ1) is 17.2. The number of halogens is 1. The monoisotopic (exact) mass is 488 g/mol. The summed E-state index contributed by atoms with van der Waals surface area (Å²) in [5, 5.41) is 12.2. The number of carbonyl (C=O) groups excluding carboxylic acids is 1. The van der Waals surface area contributed by atoms with Crippen LogP contribution >= 0.6 is 11.8 Å². The Morgan fingerprint density at radius 3 is 2.40 bits per heavy atom. The van der Waals surface area contributed by atoms with E-state index in [2.05, 4.69) is 27.6 Å². The maximum absolute atomic E-state index is 13.4. The normalized spacial score (nSPS) is 15.3. The highest BCUT2D eigenvalue weighted by Crippen LogP contribution is 2.27. The summed E-state index contributed by atoms with van der Waals surface area (Å²) in [5.74, 6) is 0.396. The van der Waals surface area contributed by atoms with Gasteiger partial charge in [-0.15, -0.1) is 10.2 Å². The van der Waals surface area contributed by atoms with Crippen LogP contribution < -0.4 is 5.32 Å². The number of benzene rings is 3. The zero-order chi connectivity index (χ0) is 24.0. The summed E-state index contributed by atoms with van der Waals surface area (Å²) in [6.45, 7) is 1.33. The van der Waals surface area contributed by atoms with Crippen molar-refractivity contribution in [3.63, 3.8) is 0 Å². The molecular formula is C27H25FN4O2S. The number of rotatable bonds is 8. The Labute approximate surface area is 207 Å². The van der Waals surface area contributed by atoms with E-state index >= 15 is 0 Å². The second kappa shape index (κ2) is 10.8. The fourth-order valence-electron chi connectivity index (χ4n) is 4.07. The van der Waals surface area contributed by atoms with Crippen molar-refractivity contribution in [3.8, 4) is 22.5 Å². The summed E-state index contributed by atoms with van der Waals surface area (Å²) in [5.41, 5.74) is 3.73. The van der Waals surface area contributed by atoms with Crippen molar-refractivity contribution >= 4 is 23.4 Å². The van der Waals surface area contributed by atoms with Crippen molar-refractivity contribution in [2.75, 3.05) is 17.7 Å². The summed E-state index contributed by atoms with van der Waals surface area (Å²) in [4.78, 5) is 12.7. The summed E-state index contributed by atoms with van der Waals surface area (Å²) < 4.78 is 21.2. The Hall–Kier alpha value is -3.49. The SMILES string of the molecule is O=C(CSc1nnc(-c2ccc(F)cc2)n1CC1CCCO1)Nc1ccc(-c2ccccc2)cc1. The fraction of sp³-hybridized carbons (Fsp3) is 0.222. The van der Waals surface area contributed by atoms with Crippen molar-refractivity contribution < 1.29 is 13.9 Å². The highest BCUT2D eigenvalue weighted by atomic mass is 32.2. The molecule has 1 aromatic heterocycles. The van der Waals surface area contributed by atoms with Gasteiger partial charge in [0, 0.05) is 17.9 Å². The number of aromatic nitrogens is 3. The van der Waals surface area contributed by atoms with Crippen LogP contribution in [-0.2, 0) is 16.1 Å². The molecule has 6 nitrogen and oxygen atoms in total. The summed E-state index contributed by atoms with van der Waals surface area (Å²) in [6.07, 6.45) is 2.05. The van der Waals surface area contributed by atoms with Gasteiger partial charge in [-0.25, -0.2) is 4.39 Å². The van der Waals surface area contributed by atoms with Crippen LogP contribution in [0.15, 0.2) is 84.0 Å². The highest BCUT2D eigenvalue weighted by Gasteiger charge is 2.22. The van der Waals surface area contributed by atoms with Crippen LogP contribution in [0.25, 0.3) is 22.5 Å². The predicted molar refractivity (Wildman–Crippen MR) is 136 cm³/mol. The summed E-state index contributed by atoms with van der Waals surface area (Å²) >= 11 is 1.32. The number of thioether (sulfide) groups is 1. The molecule has 1 N–H and O–H groups in total. The molecule has 1 unspecified atom stereocenters. The number of hydrogen-bond donors (Lipinski definition) is 1. The molecule has 1 aliphatic heterocycles. The fourth-order valence-corrected chi connectivity index (χ4v) is 4.82. The molecule has 0 bridgehead atoms. The second-order valence-electron chi connectivity index (χ2n) is 8.34. The third kappa shape index (κ3) is 5.78. The average molecular weight is 489 g/mol. The Bertz CT molecular complexity index is 1270. The zero-order valence-corrected chi connectivity index (χ0v) is 19.9. The molecule has 4 aromatic rings. The van der Waals surface area contributed by atoms with Crippen LogP contribution in [0.5, 0.6) is 0 Å². The van der Waals surface area contributed by atoms with Crippen molar-refractivity contribution in [3.05, 3.63) is 84.7 Å². The topological polar surface area (TPSA) is 69.0 Å². The Morgan fingerprint density at radius 1 is 0.971 bits per heavy atom. The van der Waals surface area contributed by atoms with Gasteiger partial charge in [-0.05, 0) is 60.4 Å². The Kier molecular flexibility index (Phi) is 7.20. The van der Waals surface area contributed by atoms with Crippen LogP contribution in [0.1, 0.15) is 12.8 Å². The molecule has 2 heterocycles. The number of ether oxygens (including phenoxy) is 1. The van der Waals surface area contributed by atoms with Gasteiger partial charge in [-0.1, -0.05) is 54.2 Å². The van der Waals surface area contributed by atoms with Gasteiger partial charge in [0.05, 0.1) is 18.4 Å². The molecule has 0 spiro atoms. The maximum atomic E-state index is 13.4. The number of anilines is 1. The molecule has 0 saturated carbocycles. The molecule has 35 heavy (non-hydrogen) atoms. The lowest BCUT2D eigenvalue weighted by atomic mass is 10.1. The van der Waals surface area contributed by atoms with Crippen molar-refractivity contribution in [2.24, 2.45) is 0 Å². The standard InChI is InChI=1S/C27H25FN4O2S/c28-22-12-8-21(9-13-22)26-30-31-27(32(26)17-24-7-4-16-34-24)35-18-25(33)29-23-14-10-20(11-15-23)19-5-2-1-3-6-19/h1-3,5-6,8-15,24H,4,7,16-18H2,(H,29,33). The molecule has 1 atom stereocenters. The van der Waals surface area contributed by atoms with E-state index in [4.69, 9.17) is 4.74 Å². The smallest absolute Gasteiger partial charge is 0.234 e. The lowest BCUT2D eigenvalue weighted by Gasteiger charge is -2.14. The van der Waals surface area contributed by atoms with Crippen molar-refractivity contribution in [2.45, 2.75) is 30.6 Å². The van der Waals surface area contributed by atoms with E-state index in [0.29, 0.717) is 17.5 Å². The van der Waals surface area contributed by atoms with E-state index in [0.717, 1.165) is 41.8 Å². The lowest BCUT2D eigenvalue weighted by Crippen LogP contribution is -2.18. The van der Waals surface area contributed by atoms with Gasteiger partial charge in [0.25, 0.3) is 0 Å². The zero-order valence-electron chi connectivity index (χ0n) is 19.1. The third-order valence-electron chi connectivity index (χ3n) is 5.84. The van der Waals surface area contributed by atoms with Gasteiger partial charge < -0.3 is 10.1 Å². The van der Waals surface area contributed by atoms with Crippen LogP contribution in [-0.4, -0.2) is 39.1 Å². The number of carbonyl (C=O) groups is 1. The predicted octanol–water partition coefficient (Wildman–Crippen LogP) is 5.66. The van der Waals surface area contributed by atoms with E-state index in [9.17, 15) is 9.18 Å². The van der Waals surface area contributed by atoms with E-state index in [1.165, 1.54) is 23.9 Å². The maximum Gasteiger partial charge on any atom is 0.234 e. The minimum Gasteiger partial charge on any atom is -0.376 e. The lowest BCUT2D eigenvalue weighted by molar-refractivity contribution is -0.113. The molecule has 1 fully saturated rings. The van der Waals surface area contributed by atoms with Crippen LogP contribution in [0.2, 0.25) is 0 Å². The van der Waals surface area contributed by atoms with E-state index in [1.807, 2.05) is 47.0 Å². The Morgan fingerprint density at radius 2 is 1.69 bits per heavy atom. The number of nitrogens with zero attached hydrogens (tertiary/aromatic N) is 3. The molecule has 1 amide bonds. The minimum absolute atomic E-state index is 0.0708. The van der Waals surface area contributed by atoms with E-state index in [-0.39, 0.29) is 23.6 Å². The molecule has 0 aliphatic carbocycles. The first-order valence-electron chi connectivity index (χ1n) is 11.5. The Balaban J connectivity index is 1.26. The molecule has 8 heteroatoms. The van der Waals surface area contributed by atoms with Crippen LogP contribution in [0.3, 0.4) is 0 Å². The molecule has 5 rings (SSSR count). The van der Waals surface area contributed by atoms with Gasteiger partial charge in [0.2, 0.25) is 5.91 Å². The minimum atomic E-state index is -0.304. The molecule has 0 radical (unpaired) electrons. The highest BCUT2D eigenvalue weighted by molar-refractivity contribution is 7.99. The van der Waals surface area contributed by atoms with Gasteiger partial charge in [0.15, 0.2) is 11.0 Å². The van der Waals surface area contributed by atoms with Crippen molar-refractivity contribution in [1.29, 1.82) is 0 Å². The van der Waals surface area contributed by atoms with Gasteiger partial charge in [-0.3, -0.25) is 9.36 Å².